The molecule has 0 unspecified atom stereocenters. The van der Waals surface area contributed by atoms with Crippen LogP contribution in [0.25, 0.3) is 22.2 Å². The van der Waals surface area contributed by atoms with Gasteiger partial charge in [0.05, 0.1) is 23.4 Å². The highest BCUT2D eigenvalue weighted by Crippen LogP contribution is 2.25. The first kappa shape index (κ1) is 20.8. The number of carbonyl (C=O) groups is 2. The average molecular weight is 421 g/mol. The van der Waals surface area contributed by atoms with Crippen molar-refractivity contribution in [1.29, 1.82) is 0 Å². The Bertz CT molecular complexity index is 1090. The number of pyridine rings is 1. The third-order valence-electron chi connectivity index (χ3n) is 5.46. The van der Waals surface area contributed by atoms with Crippen LogP contribution in [0.1, 0.15) is 30.1 Å². The lowest BCUT2D eigenvalue weighted by Crippen LogP contribution is -2.46. The predicted molar refractivity (Wildman–Crippen MR) is 116 cm³/mol. The average Bonchev–Trinajstić information content (AvgIpc) is 2.79. The monoisotopic (exact) mass is 421 g/mol. The van der Waals surface area contributed by atoms with Crippen LogP contribution in [-0.4, -0.2) is 47.6 Å². The van der Waals surface area contributed by atoms with Gasteiger partial charge in [-0.05, 0) is 56.2 Å². The Labute approximate surface area is 180 Å². The molecule has 0 saturated carbocycles. The standard InChI is InChI=1S/C24H24FN3O3/c1-2-31-24(30)28-13-11-18(12-14-28)26-23(29)20-15-22(16-7-9-17(25)10-8-16)27-21-6-4-3-5-19(20)21/h3-10,15,18H,2,11-14H2,1H3,(H,26,29). The zero-order valence-electron chi connectivity index (χ0n) is 17.3. The van der Waals surface area contributed by atoms with Crippen LogP contribution < -0.4 is 5.32 Å². The van der Waals surface area contributed by atoms with E-state index in [0.717, 1.165) is 10.9 Å². The summed E-state index contributed by atoms with van der Waals surface area (Å²) in [6.07, 6.45) is 1.02. The minimum Gasteiger partial charge on any atom is -0.450 e. The maximum atomic E-state index is 13.3. The number of hydrogen-bond acceptors (Lipinski definition) is 4. The van der Waals surface area contributed by atoms with Crippen LogP contribution in [0.4, 0.5) is 9.18 Å². The van der Waals surface area contributed by atoms with Crippen molar-refractivity contribution in [3.63, 3.8) is 0 Å². The lowest BCUT2D eigenvalue weighted by molar-refractivity contribution is 0.0861. The number of amides is 2. The van der Waals surface area contributed by atoms with Gasteiger partial charge in [-0.2, -0.15) is 0 Å². The molecule has 2 heterocycles. The van der Waals surface area contributed by atoms with Crippen LogP contribution >= 0.6 is 0 Å². The van der Waals surface area contributed by atoms with Crippen LogP contribution in [0, 0.1) is 5.82 Å². The number of hydrogen-bond donors (Lipinski definition) is 1. The summed E-state index contributed by atoms with van der Waals surface area (Å²) in [5, 5.41) is 3.86. The van der Waals surface area contributed by atoms with Crippen LogP contribution in [0.15, 0.2) is 54.6 Å². The minimum absolute atomic E-state index is 0.0284. The zero-order chi connectivity index (χ0) is 21.8. The Morgan fingerprint density at radius 2 is 1.84 bits per heavy atom. The van der Waals surface area contributed by atoms with Gasteiger partial charge in [0.2, 0.25) is 0 Å². The number of halogens is 1. The molecule has 7 heteroatoms. The van der Waals surface area contributed by atoms with E-state index >= 15 is 0 Å². The van der Waals surface area contributed by atoms with E-state index in [1.165, 1.54) is 12.1 Å². The second-order valence-corrected chi connectivity index (χ2v) is 7.51. The summed E-state index contributed by atoms with van der Waals surface area (Å²) in [6, 6.07) is 15.3. The zero-order valence-corrected chi connectivity index (χ0v) is 17.3. The van der Waals surface area contributed by atoms with Crippen molar-refractivity contribution < 1.29 is 18.7 Å². The maximum absolute atomic E-state index is 13.3. The van der Waals surface area contributed by atoms with Crippen molar-refractivity contribution in [2.45, 2.75) is 25.8 Å². The molecule has 1 aliphatic heterocycles. The van der Waals surface area contributed by atoms with Crippen LogP contribution in [0.3, 0.4) is 0 Å². The number of carbonyl (C=O) groups excluding carboxylic acids is 2. The normalized spacial score (nSPS) is 14.5. The van der Waals surface area contributed by atoms with E-state index in [1.807, 2.05) is 24.3 Å². The number of rotatable bonds is 4. The molecule has 2 aromatic carbocycles. The number of nitrogens with one attached hydrogen (secondary N) is 1. The molecule has 31 heavy (non-hydrogen) atoms. The molecule has 4 rings (SSSR count). The van der Waals surface area contributed by atoms with Crippen molar-refractivity contribution in [2.75, 3.05) is 19.7 Å². The third kappa shape index (κ3) is 4.66. The van der Waals surface area contributed by atoms with Gasteiger partial charge in [0.25, 0.3) is 5.91 Å². The molecule has 0 bridgehead atoms. The molecule has 1 fully saturated rings. The fourth-order valence-corrected chi connectivity index (χ4v) is 3.82. The van der Waals surface area contributed by atoms with Crippen molar-refractivity contribution in [1.82, 2.24) is 15.2 Å². The quantitative estimate of drug-likeness (QED) is 0.678. The number of para-hydroxylation sites is 1. The number of aromatic nitrogens is 1. The minimum atomic E-state index is -0.323. The SMILES string of the molecule is CCOC(=O)N1CCC(NC(=O)c2cc(-c3ccc(F)cc3)nc3ccccc23)CC1. The maximum Gasteiger partial charge on any atom is 0.409 e. The topological polar surface area (TPSA) is 71.5 Å². The number of nitrogens with zero attached hydrogens (tertiary/aromatic N) is 2. The van der Waals surface area contributed by atoms with Gasteiger partial charge in [0, 0.05) is 30.1 Å². The highest BCUT2D eigenvalue weighted by atomic mass is 19.1. The molecule has 1 aromatic heterocycles. The van der Waals surface area contributed by atoms with Crippen LogP contribution in [0.2, 0.25) is 0 Å². The van der Waals surface area contributed by atoms with Crippen molar-refractivity contribution >= 4 is 22.9 Å². The van der Waals surface area contributed by atoms with Gasteiger partial charge < -0.3 is 15.0 Å². The molecule has 2 amide bonds. The summed E-state index contributed by atoms with van der Waals surface area (Å²) >= 11 is 0. The Kier molecular flexibility index (Phi) is 6.11. The molecule has 3 aromatic rings. The fourth-order valence-electron chi connectivity index (χ4n) is 3.82. The second kappa shape index (κ2) is 9.12. The molecular formula is C24H24FN3O3. The smallest absolute Gasteiger partial charge is 0.409 e. The van der Waals surface area contributed by atoms with Gasteiger partial charge >= 0.3 is 6.09 Å². The molecule has 0 atom stereocenters. The summed E-state index contributed by atoms with van der Waals surface area (Å²) in [6.45, 7) is 3.22. The lowest BCUT2D eigenvalue weighted by Gasteiger charge is -2.31. The summed E-state index contributed by atoms with van der Waals surface area (Å²) in [5.41, 5.74) is 2.58. The summed E-state index contributed by atoms with van der Waals surface area (Å²) in [7, 11) is 0. The Balaban J connectivity index is 1.55. The molecule has 0 aliphatic carbocycles. The number of ether oxygens (including phenoxy) is 1. The van der Waals surface area contributed by atoms with E-state index in [2.05, 4.69) is 10.3 Å². The van der Waals surface area contributed by atoms with Gasteiger partial charge in [-0.15, -0.1) is 0 Å². The molecule has 1 saturated heterocycles. The summed E-state index contributed by atoms with van der Waals surface area (Å²) in [5.74, 6) is -0.506. The second-order valence-electron chi connectivity index (χ2n) is 7.51. The van der Waals surface area contributed by atoms with Gasteiger partial charge in [0.1, 0.15) is 5.82 Å². The largest absolute Gasteiger partial charge is 0.450 e. The van der Waals surface area contributed by atoms with E-state index in [-0.39, 0.29) is 23.9 Å². The number of piperidine rings is 1. The van der Waals surface area contributed by atoms with E-state index in [4.69, 9.17) is 4.74 Å². The molecule has 1 N–H and O–H groups in total. The Morgan fingerprint density at radius 3 is 2.55 bits per heavy atom. The Morgan fingerprint density at radius 1 is 1.13 bits per heavy atom. The van der Waals surface area contributed by atoms with E-state index in [1.54, 1.807) is 30.0 Å². The molecule has 0 spiro atoms. The van der Waals surface area contributed by atoms with Gasteiger partial charge in [-0.25, -0.2) is 14.2 Å². The first-order valence-corrected chi connectivity index (χ1v) is 10.4. The van der Waals surface area contributed by atoms with Crippen LogP contribution in [0.5, 0.6) is 0 Å². The molecule has 160 valence electrons. The summed E-state index contributed by atoms with van der Waals surface area (Å²) in [4.78, 5) is 31.4. The summed E-state index contributed by atoms with van der Waals surface area (Å²) < 4.78 is 18.4. The van der Waals surface area contributed by atoms with E-state index in [0.29, 0.717) is 49.3 Å². The van der Waals surface area contributed by atoms with Gasteiger partial charge in [0.15, 0.2) is 0 Å². The molecule has 6 nitrogen and oxygen atoms in total. The van der Waals surface area contributed by atoms with E-state index in [9.17, 15) is 14.0 Å². The number of likely N-dealkylation sites (tertiary alicyclic amines) is 1. The van der Waals surface area contributed by atoms with Gasteiger partial charge in [-0.3, -0.25) is 4.79 Å². The fraction of sp³-hybridized carbons (Fsp3) is 0.292. The predicted octanol–water partition coefficient (Wildman–Crippen LogP) is 4.39. The molecular weight excluding hydrogens is 397 g/mol. The highest BCUT2D eigenvalue weighted by molar-refractivity contribution is 6.07. The Hall–Kier alpha value is -3.48. The first-order chi connectivity index (χ1) is 15.0. The number of fused-ring (bicyclic) bond motifs is 1. The highest BCUT2D eigenvalue weighted by Gasteiger charge is 2.25. The molecule has 0 radical (unpaired) electrons. The van der Waals surface area contributed by atoms with Crippen molar-refractivity contribution in [3.05, 3.63) is 66.0 Å². The third-order valence-corrected chi connectivity index (χ3v) is 5.46. The number of benzene rings is 2. The van der Waals surface area contributed by atoms with Crippen molar-refractivity contribution in [3.8, 4) is 11.3 Å². The van der Waals surface area contributed by atoms with E-state index < -0.39 is 0 Å². The molecule has 1 aliphatic rings. The van der Waals surface area contributed by atoms with Crippen molar-refractivity contribution in [2.24, 2.45) is 0 Å². The lowest BCUT2D eigenvalue weighted by atomic mass is 10.0. The van der Waals surface area contributed by atoms with Gasteiger partial charge in [-0.1, -0.05) is 18.2 Å². The first-order valence-electron chi connectivity index (χ1n) is 10.4. The van der Waals surface area contributed by atoms with Crippen LogP contribution in [-0.2, 0) is 4.74 Å².